The number of fused-ring (bicyclic) bond motifs is 1. The van der Waals surface area contributed by atoms with Gasteiger partial charge in [-0.05, 0) is 60.0 Å². The average molecular weight is 281 g/mol. The molecule has 3 rings (SSSR count). The molecule has 110 valence electrons. The van der Waals surface area contributed by atoms with E-state index in [0.29, 0.717) is 0 Å². The van der Waals surface area contributed by atoms with Gasteiger partial charge in [-0.15, -0.1) is 0 Å². The van der Waals surface area contributed by atoms with Crippen LogP contribution in [-0.2, 0) is 13.0 Å². The highest BCUT2D eigenvalue weighted by Gasteiger charge is 2.16. The van der Waals surface area contributed by atoms with Gasteiger partial charge in [0.15, 0.2) is 0 Å². The zero-order chi connectivity index (χ0) is 15.0. The predicted molar refractivity (Wildman–Crippen MR) is 90.7 cm³/mol. The Morgan fingerprint density at radius 3 is 2.43 bits per heavy atom. The second-order valence-corrected chi connectivity index (χ2v) is 6.13. The minimum Gasteiger partial charge on any atom is -0.398 e. The molecule has 2 aromatic rings. The van der Waals surface area contributed by atoms with E-state index in [4.69, 9.17) is 5.73 Å². The van der Waals surface area contributed by atoms with Crippen LogP contribution in [0, 0.1) is 0 Å². The third-order valence-corrected chi connectivity index (χ3v) is 4.28. The summed E-state index contributed by atoms with van der Waals surface area (Å²) >= 11 is 0. The fourth-order valence-electron chi connectivity index (χ4n) is 2.99. The molecule has 1 aliphatic rings. The van der Waals surface area contributed by atoms with Crippen LogP contribution in [0.25, 0.3) is 11.1 Å². The van der Waals surface area contributed by atoms with Crippen LogP contribution in [0.2, 0.25) is 0 Å². The van der Waals surface area contributed by atoms with E-state index in [2.05, 4.69) is 67.3 Å². The van der Waals surface area contributed by atoms with Crippen LogP contribution in [0.4, 0.5) is 11.4 Å². The molecule has 2 aromatic carbocycles. The maximum atomic E-state index is 6.28. The fourth-order valence-corrected chi connectivity index (χ4v) is 2.99. The Balaban J connectivity index is 1.99. The molecule has 0 saturated heterocycles. The van der Waals surface area contributed by atoms with Gasteiger partial charge in [-0.2, -0.15) is 0 Å². The Hall–Kier alpha value is -2.00. The molecule has 0 unspecified atom stereocenters. The van der Waals surface area contributed by atoms with Gasteiger partial charge >= 0.3 is 0 Å². The predicted octanol–water partition coefficient (Wildman–Crippen LogP) is 2.99. The third kappa shape index (κ3) is 2.74. The van der Waals surface area contributed by atoms with Crippen LogP contribution in [0.5, 0.6) is 0 Å². The molecular formula is C18H23N3. The molecule has 2 N–H and O–H groups in total. The summed E-state index contributed by atoms with van der Waals surface area (Å²) in [6, 6.07) is 13.1. The second kappa shape index (κ2) is 5.41. The van der Waals surface area contributed by atoms with Crippen molar-refractivity contribution in [2.24, 2.45) is 0 Å². The van der Waals surface area contributed by atoms with E-state index in [-0.39, 0.29) is 0 Å². The zero-order valence-corrected chi connectivity index (χ0v) is 13.1. The van der Waals surface area contributed by atoms with Crippen molar-refractivity contribution in [2.75, 3.05) is 38.3 Å². The van der Waals surface area contributed by atoms with Gasteiger partial charge in [0, 0.05) is 38.6 Å². The molecule has 1 heterocycles. The number of hydrogen-bond donors (Lipinski definition) is 1. The molecule has 1 aliphatic heterocycles. The number of nitrogens with two attached hydrogens (primary N) is 1. The van der Waals surface area contributed by atoms with Crippen molar-refractivity contribution < 1.29 is 0 Å². The third-order valence-electron chi connectivity index (χ3n) is 4.28. The van der Waals surface area contributed by atoms with Gasteiger partial charge in [-0.3, -0.25) is 0 Å². The van der Waals surface area contributed by atoms with Gasteiger partial charge in [0.25, 0.3) is 0 Å². The van der Waals surface area contributed by atoms with Crippen molar-refractivity contribution in [2.45, 2.75) is 13.0 Å². The first kappa shape index (κ1) is 14.0. The van der Waals surface area contributed by atoms with E-state index in [1.165, 1.54) is 27.9 Å². The molecule has 0 spiro atoms. The molecule has 0 aromatic heterocycles. The summed E-state index contributed by atoms with van der Waals surface area (Å²) in [6.07, 6.45) is 1.05. The van der Waals surface area contributed by atoms with Gasteiger partial charge in [-0.25, -0.2) is 0 Å². The van der Waals surface area contributed by atoms with Crippen LogP contribution in [0.3, 0.4) is 0 Å². The highest BCUT2D eigenvalue weighted by atomic mass is 15.1. The van der Waals surface area contributed by atoms with E-state index < -0.39 is 0 Å². The highest BCUT2D eigenvalue weighted by molar-refractivity contribution is 5.72. The number of likely N-dealkylation sites (N-methyl/N-ethyl adjacent to an activating group) is 1. The van der Waals surface area contributed by atoms with Gasteiger partial charge < -0.3 is 15.5 Å². The largest absolute Gasteiger partial charge is 0.398 e. The van der Waals surface area contributed by atoms with E-state index in [1.54, 1.807) is 0 Å². The Kier molecular flexibility index (Phi) is 3.60. The lowest BCUT2D eigenvalue weighted by Gasteiger charge is -2.26. The van der Waals surface area contributed by atoms with E-state index >= 15 is 0 Å². The molecule has 0 fully saturated rings. The standard InChI is InChI=1S/C18H23N3/c1-20(2)16-6-4-13(5-7-16)14-10-15-12-21(3)9-8-17(15)18(19)11-14/h4-7,10-11H,8-9,12,19H2,1-3H3. The summed E-state index contributed by atoms with van der Waals surface area (Å²) in [4.78, 5) is 4.46. The SMILES string of the molecule is CN1CCc2c(N)cc(-c3ccc(N(C)C)cc3)cc2C1. The Morgan fingerprint density at radius 2 is 1.76 bits per heavy atom. The smallest absolute Gasteiger partial charge is 0.0361 e. The number of anilines is 2. The monoisotopic (exact) mass is 281 g/mol. The van der Waals surface area contributed by atoms with Gasteiger partial charge in [0.1, 0.15) is 0 Å². The average Bonchev–Trinajstić information content (AvgIpc) is 2.46. The van der Waals surface area contributed by atoms with Crippen LogP contribution in [-0.4, -0.2) is 32.6 Å². The summed E-state index contributed by atoms with van der Waals surface area (Å²) < 4.78 is 0. The van der Waals surface area contributed by atoms with Crippen molar-refractivity contribution >= 4 is 11.4 Å². The quantitative estimate of drug-likeness (QED) is 0.859. The van der Waals surface area contributed by atoms with Crippen LogP contribution in [0.1, 0.15) is 11.1 Å². The maximum Gasteiger partial charge on any atom is 0.0361 e. The molecule has 0 radical (unpaired) electrons. The summed E-state index contributed by atoms with van der Waals surface area (Å²) in [5, 5.41) is 0. The number of benzene rings is 2. The first-order valence-electron chi connectivity index (χ1n) is 7.42. The van der Waals surface area contributed by atoms with Crippen molar-refractivity contribution in [1.82, 2.24) is 4.90 Å². The Bertz CT molecular complexity index is 644. The van der Waals surface area contributed by atoms with E-state index in [0.717, 1.165) is 25.2 Å². The van der Waals surface area contributed by atoms with Gasteiger partial charge in [0.2, 0.25) is 0 Å². The lowest BCUT2D eigenvalue weighted by atomic mass is 9.93. The molecule has 0 bridgehead atoms. The highest BCUT2D eigenvalue weighted by Crippen LogP contribution is 2.31. The Labute approximate surface area is 127 Å². The van der Waals surface area contributed by atoms with E-state index in [9.17, 15) is 0 Å². The molecular weight excluding hydrogens is 258 g/mol. The van der Waals surface area contributed by atoms with Crippen LogP contribution in [0.15, 0.2) is 36.4 Å². The number of rotatable bonds is 2. The minimum absolute atomic E-state index is 0.937. The van der Waals surface area contributed by atoms with Crippen molar-refractivity contribution in [3.63, 3.8) is 0 Å². The van der Waals surface area contributed by atoms with Crippen molar-refractivity contribution in [1.29, 1.82) is 0 Å². The topological polar surface area (TPSA) is 32.5 Å². The van der Waals surface area contributed by atoms with Gasteiger partial charge in [-0.1, -0.05) is 12.1 Å². The van der Waals surface area contributed by atoms with Crippen LogP contribution >= 0.6 is 0 Å². The van der Waals surface area contributed by atoms with E-state index in [1.807, 2.05) is 0 Å². The Morgan fingerprint density at radius 1 is 1.05 bits per heavy atom. The second-order valence-electron chi connectivity index (χ2n) is 6.13. The van der Waals surface area contributed by atoms with Crippen molar-refractivity contribution in [3.8, 4) is 11.1 Å². The molecule has 0 aliphatic carbocycles. The molecule has 0 saturated carbocycles. The summed E-state index contributed by atoms with van der Waals surface area (Å²) in [5.41, 5.74) is 13.6. The first-order chi connectivity index (χ1) is 10.0. The lowest BCUT2D eigenvalue weighted by molar-refractivity contribution is 0.313. The van der Waals surface area contributed by atoms with Gasteiger partial charge in [0.05, 0.1) is 0 Å². The van der Waals surface area contributed by atoms with Crippen LogP contribution < -0.4 is 10.6 Å². The summed E-state index contributed by atoms with van der Waals surface area (Å²) in [7, 11) is 6.28. The normalized spacial score (nSPS) is 14.8. The minimum atomic E-state index is 0.937. The molecule has 3 nitrogen and oxygen atoms in total. The molecule has 21 heavy (non-hydrogen) atoms. The lowest BCUT2D eigenvalue weighted by Crippen LogP contribution is -2.27. The molecule has 0 atom stereocenters. The number of hydrogen-bond acceptors (Lipinski definition) is 3. The van der Waals surface area contributed by atoms with Crippen molar-refractivity contribution in [3.05, 3.63) is 47.5 Å². The zero-order valence-electron chi connectivity index (χ0n) is 13.1. The first-order valence-corrected chi connectivity index (χ1v) is 7.42. The summed E-state index contributed by atoms with van der Waals surface area (Å²) in [6.45, 7) is 2.08. The molecule has 3 heteroatoms. The number of nitrogens with zero attached hydrogens (tertiary/aromatic N) is 2. The maximum absolute atomic E-state index is 6.28. The number of nitrogen functional groups attached to an aromatic ring is 1. The fraction of sp³-hybridized carbons (Fsp3) is 0.333. The molecule has 0 amide bonds. The summed E-state index contributed by atoms with van der Waals surface area (Å²) in [5.74, 6) is 0.